The monoisotopic (exact) mass is 920 g/mol. The summed E-state index contributed by atoms with van der Waals surface area (Å²) in [5.74, 6) is -14.8. The minimum Gasteiger partial charge on any atom is -0.394 e. The van der Waals surface area contributed by atoms with Gasteiger partial charge in [-0.2, -0.15) is 0 Å². The molecule has 0 saturated carbocycles. The number of nitrogens with two attached hydrogens (primary N) is 1. The van der Waals surface area contributed by atoms with E-state index >= 15 is 8.78 Å². The molecule has 350 valence electrons. The second-order valence-corrected chi connectivity index (χ2v) is 17.3. The van der Waals surface area contributed by atoms with Crippen molar-refractivity contribution < 1.29 is 62.1 Å². The summed E-state index contributed by atoms with van der Waals surface area (Å²) in [7, 11) is 0. The smallest absolute Gasteiger partial charge is 0.267 e. The van der Waals surface area contributed by atoms with Crippen LogP contribution < -0.4 is 43.0 Å². The first-order valence-corrected chi connectivity index (χ1v) is 21.7. The molecule has 3 aliphatic heterocycles. The molecule has 2 bridgehead atoms. The summed E-state index contributed by atoms with van der Waals surface area (Å²) in [5.41, 5.74) is 6.33. The fourth-order valence-corrected chi connectivity index (χ4v) is 8.76. The predicted molar refractivity (Wildman–Crippen MR) is 224 cm³/mol. The van der Waals surface area contributed by atoms with Crippen LogP contribution in [0.15, 0.2) is 29.3 Å². The van der Waals surface area contributed by atoms with Gasteiger partial charge in [-0.1, -0.05) is 45.4 Å². The zero-order valence-electron chi connectivity index (χ0n) is 35.3. The van der Waals surface area contributed by atoms with Crippen LogP contribution in [0, 0.1) is 11.8 Å². The number of hydrogen-bond acceptors (Lipinski definition) is 12. The van der Waals surface area contributed by atoms with E-state index < -0.39 is 159 Å². The third-order valence-electron chi connectivity index (χ3n) is 11.6. The maximum atomic E-state index is 15.2. The number of thioether (sulfide) groups is 1. The number of hydrogen-bond donors (Lipinski definition) is 11. The number of para-hydroxylation sites is 1. The number of alkyl halides is 2. The van der Waals surface area contributed by atoms with E-state index in [4.69, 9.17) is 5.73 Å². The lowest BCUT2D eigenvalue weighted by Crippen LogP contribution is -2.61. The van der Waals surface area contributed by atoms with Crippen LogP contribution in [0.4, 0.5) is 8.78 Å². The van der Waals surface area contributed by atoms with E-state index in [2.05, 4.69) is 42.2 Å². The number of carbonyl (C=O) groups excluding carboxylic acids is 9. The Kier molecular flexibility index (Phi) is 16.3. The number of fused-ring (bicyclic) bond motifs is 5. The zero-order valence-corrected chi connectivity index (χ0v) is 36.2. The van der Waals surface area contributed by atoms with Gasteiger partial charge in [0.1, 0.15) is 36.3 Å². The van der Waals surface area contributed by atoms with Crippen molar-refractivity contribution in [1.82, 2.24) is 47.1 Å². The van der Waals surface area contributed by atoms with Crippen LogP contribution >= 0.6 is 11.8 Å². The van der Waals surface area contributed by atoms with Gasteiger partial charge >= 0.3 is 0 Å². The molecule has 0 aliphatic carbocycles. The summed E-state index contributed by atoms with van der Waals surface area (Å²) in [6, 6.07) is -3.10. The SMILES string of the molecule is CC[C@H](C)[C@@H]1NC(=O)CNC(=O)[C@@H]2Cc3c([nH]c4ccccc34)SC[C@H](NC(=O)CNC1=O)C(=O)N[C@@H](CCC(N)=O)C(=O)N1CC(F)(F)C[C@H]1C(=O)N[C@@H]([C@@H](C)[C@@H](O)CO)C(=O)N2. The summed E-state index contributed by atoms with van der Waals surface area (Å²) in [6.45, 7) is 1.05. The number of benzene rings is 1. The highest BCUT2D eigenvalue weighted by atomic mass is 32.2. The molecule has 0 unspecified atom stereocenters. The molecule has 24 heteroatoms. The van der Waals surface area contributed by atoms with Crippen molar-refractivity contribution in [2.45, 2.75) is 106 Å². The van der Waals surface area contributed by atoms with E-state index in [1.807, 2.05) is 0 Å². The first-order chi connectivity index (χ1) is 30.2. The Balaban J connectivity index is 1.70. The molecule has 1 aromatic carbocycles. The Morgan fingerprint density at radius 2 is 1.55 bits per heavy atom. The highest BCUT2D eigenvalue weighted by Crippen LogP contribution is 2.34. The summed E-state index contributed by atoms with van der Waals surface area (Å²) in [5, 5.41) is 38.8. The van der Waals surface area contributed by atoms with Gasteiger partial charge in [-0.15, -0.1) is 11.8 Å². The standard InChI is InChI=1S/C40H54F2N10O11S/c1-4-18(2)31-36(61)45-13-29(56)46-25-16-64-38-21(20-7-5-6-8-22(20)49-38)11-24(33(58)44-14-30(57)50-31)48-37(62)32(19(3)27(54)15-53)51-35(60)26-12-40(41,42)17-52(26)39(63)23(47-34(25)59)9-10-28(43)55/h5-8,18-19,23-27,31-32,49,53-54H,4,9-17H2,1-3H3,(H2,43,55)(H,44,58)(H,45,61)(H,46,56)(H,47,59)(H,48,62)(H,50,57)(H,51,60)/t18-,19-,23-,24-,25-,26-,27-,31-,32-/m0/s1. The number of rotatable bonds is 8. The van der Waals surface area contributed by atoms with E-state index in [0.717, 1.165) is 11.8 Å². The maximum Gasteiger partial charge on any atom is 0.267 e. The van der Waals surface area contributed by atoms with Crippen molar-refractivity contribution in [2.24, 2.45) is 17.6 Å². The number of aliphatic hydroxyl groups is 2. The number of aromatic nitrogens is 1. The fraction of sp³-hybridized carbons (Fsp3) is 0.575. The molecule has 0 radical (unpaired) electrons. The van der Waals surface area contributed by atoms with Gasteiger partial charge in [0.2, 0.25) is 53.2 Å². The van der Waals surface area contributed by atoms with E-state index in [1.54, 1.807) is 38.1 Å². The van der Waals surface area contributed by atoms with Gasteiger partial charge in [0, 0.05) is 41.8 Å². The van der Waals surface area contributed by atoms with Crippen LogP contribution in [0.3, 0.4) is 0 Å². The van der Waals surface area contributed by atoms with Crippen LogP contribution in [0.2, 0.25) is 0 Å². The Morgan fingerprint density at radius 1 is 0.875 bits per heavy atom. The van der Waals surface area contributed by atoms with E-state index in [9.17, 15) is 53.4 Å². The first-order valence-electron chi connectivity index (χ1n) is 20.8. The lowest BCUT2D eigenvalue weighted by Gasteiger charge is -2.32. The number of nitrogens with zero attached hydrogens (tertiary/aromatic N) is 1. The van der Waals surface area contributed by atoms with Crippen molar-refractivity contribution in [3.63, 3.8) is 0 Å². The molecule has 12 N–H and O–H groups in total. The molecule has 4 heterocycles. The third-order valence-corrected chi connectivity index (χ3v) is 12.7. The number of aromatic amines is 1. The molecule has 21 nitrogen and oxygen atoms in total. The van der Waals surface area contributed by atoms with Gasteiger partial charge in [0.25, 0.3) is 5.92 Å². The zero-order chi connectivity index (χ0) is 47.0. The van der Waals surface area contributed by atoms with Gasteiger partial charge in [-0.25, -0.2) is 8.78 Å². The average molecular weight is 921 g/mol. The van der Waals surface area contributed by atoms with Gasteiger partial charge in [-0.3, -0.25) is 43.2 Å². The molecule has 2 aromatic rings. The molecule has 9 amide bonds. The Hall–Kier alpha value is -5.88. The molecule has 64 heavy (non-hydrogen) atoms. The maximum absolute atomic E-state index is 15.2. The topological polar surface area (TPSA) is 323 Å². The molecule has 3 aliphatic rings. The number of nitrogens with one attached hydrogen (secondary N) is 8. The van der Waals surface area contributed by atoms with Crippen LogP contribution in [-0.2, 0) is 49.6 Å². The molecule has 0 spiro atoms. The Bertz CT molecular complexity index is 2140. The number of H-pyrrole nitrogens is 1. The normalized spacial score (nSPS) is 27.0. The predicted octanol–water partition coefficient (Wildman–Crippen LogP) is -2.98. The van der Waals surface area contributed by atoms with Crippen molar-refractivity contribution >= 4 is 75.8 Å². The van der Waals surface area contributed by atoms with Gasteiger partial charge < -0.3 is 63.0 Å². The summed E-state index contributed by atoms with van der Waals surface area (Å²) in [4.78, 5) is 127. The van der Waals surface area contributed by atoms with Crippen molar-refractivity contribution in [1.29, 1.82) is 0 Å². The summed E-state index contributed by atoms with van der Waals surface area (Å²) >= 11 is 0.980. The molecule has 9 atom stereocenters. The molecule has 1 fully saturated rings. The average Bonchev–Trinajstić information content (AvgIpc) is 3.79. The second kappa shape index (κ2) is 21.2. The lowest BCUT2D eigenvalue weighted by molar-refractivity contribution is -0.143. The lowest BCUT2D eigenvalue weighted by atomic mass is 9.93. The summed E-state index contributed by atoms with van der Waals surface area (Å²) in [6.07, 6.45) is -3.92. The van der Waals surface area contributed by atoms with Crippen LogP contribution in [0.5, 0.6) is 0 Å². The Morgan fingerprint density at radius 3 is 2.22 bits per heavy atom. The molecule has 1 aromatic heterocycles. The fourth-order valence-electron chi connectivity index (χ4n) is 7.64. The largest absolute Gasteiger partial charge is 0.394 e. The highest BCUT2D eigenvalue weighted by Gasteiger charge is 2.52. The molecule has 5 rings (SSSR count). The van der Waals surface area contributed by atoms with Gasteiger partial charge in [0.05, 0.1) is 37.4 Å². The Labute approximate surface area is 369 Å². The van der Waals surface area contributed by atoms with Gasteiger partial charge in [0.15, 0.2) is 0 Å². The number of halogens is 2. The van der Waals surface area contributed by atoms with E-state index in [1.165, 1.54) is 6.92 Å². The van der Waals surface area contributed by atoms with E-state index in [0.29, 0.717) is 32.8 Å². The van der Waals surface area contributed by atoms with Crippen LogP contribution in [-0.4, -0.2) is 154 Å². The number of carbonyl (C=O) groups is 9. The van der Waals surface area contributed by atoms with Crippen LogP contribution in [0.1, 0.15) is 52.0 Å². The second-order valence-electron chi connectivity index (χ2n) is 16.2. The van der Waals surface area contributed by atoms with Gasteiger partial charge in [-0.05, 0) is 24.0 Å². The third kappa shape index (κ3) is 12.0. The minimum absolute atomic E-state index is 0.303. The molecule has 1 saturated heterocycles. The van der Waals surface area contributed by atoms with Crippen molar-refractivity contribution in [3.05, 3.63) is 29.8 Å². The molecular formula is C40H54F2N10O11S. The highest BCUT2D eigenvalue weighted by molar-refractivity contribution is 7.99. The van der Waals surface area contributed by atoms with E-state index in [-0.39, 0.29) is 12.2 Å². The quantitative estimate of drug-likeness (QED) is 0.127. The van der Waals surface area contributed by atoms with Crippen molar-refractivity contribution in [2.75, 3.05) is 32.0 Å². The number of amides is 9. The minimum atomic E-state index is -3.68. The number of primary amides is 1. The number of aliphatic hydroxyl groups excluding tert-OH is 2. The van der Waals surface area contributed by atoms with Crippen LogP contribution in [0.25, 0.3) is 10.9 Å². The van der Waals surface area contributed by atoms with Crippen molar-refractivity contribution in [3.8, 4) is 0 Å². The first kappa shape index (κ1) is 49.1. The molecular weight excluding hydrogens is 867 g/mol. The summed E-state index contributed by atoms with van der Waals surface area (Å²) < 4.78 is 30.5.